The molecule has 0 radical (unpaired) electrons. The SMILES string of the molecule is CC(OC(=O)CCc1ncc(-c2ccccc2)o1)c1nnc(-c2ccccc2)o1. The van der Waals surface area contributed by atoms with Gasteiger partial charge in [-0.15, -0.1) is 10.2 Å². The van der Waals surface area contributed by atoms with Crippen molar-refractivity contribution >= 4 is 5.97 Å². The molecule has 2 heterocycles. The molecular formula is C22H19N3O4. The zero-order valence-corrected chi connectivity index (χ0v) is 15.8. The van der Waals surface area contributed by atoms with Crippen molar-refractivity contribution in [2.75, 3.05) is 0 Å². The molecule has 4 aromatic rings. The number of benzene rings is 2. The summed E-state index contributed by atoms with van der Waals surface area (Å²) in [4.78, 5) is 16.4. The molecule has 0 bridgehead atoms. The summed E-state index contributed by atoms with van der Waals surface area (Å²) >= 11 is 0. The molecule has 0 aliphatic rings. The van der Waals surface area contributed by atoms with Crippen molar-refractivity contribution in [2.45, 2.75) is 25.9 Å². The zero-order chi connectivity index (χ0) is 20.1. The van der Waals surface area contributed by atoms with Crippen LogP contribution in [-0.4, -0.2) is 21.2 Å². The van der Waals surface area contributed by atoms with Crippen molar-refractivity contribution in [1.82, 2.24) is 15.2 Å². The van der Waals surface area contributed by atoms with Crippen LogP contribution in [-0.2, 0) is 16.0 Å². The highest BCUT2D eigenvalue weighted by atomic mass is 16.6. The van der Waals surface area contributed by atoms with E-state index in [1.807, 2.05) is 60.7 Å². The molecular weight excluding hydrogens is 370 g/mol. The number of nitrogens with zero attached hydrogens (tertiary/aromatic N) is 3. The second-order valence-corrected chi connectivity index (χ2v) is 6.43. The largest absolute Gasteiger partial charge is 0.453 e. The highest BCUT2D eigenvalue weighted by molar-refractivity contribution is 5.69. The Morgan fingerprint density at radius 3 is 2.38 bits per heavy atom. The molecule has 1 unspecified atom stereocenters. The molecule has 0 saturated carbocycles. The molecule has 0 amide bonds. The van der Waals surface area contributed by atoms with Crippen molar-refractivity contribution < 1.29 is 18.4 Å². The monoisotopic (exact) mass is 389 g/mol. The van der Waals surface area contributed by atoms with Crippen molar-refractivity contribution in [3.63, 3.8) is 0 Å². The Labute approximate surface area is 167 Å². The Kier molecular flexibility index (Phi) is 5.47. The smallest absolute Gasteiger partial charge is 0.307 e. The molecule has 0 aliphatic heterocycles. The number of aryl methyl sites for hydroxylation is 1. The third-order valence-electron chi connectivity index (χ3n) is 4.27. The van der Waals surface area contributed by atoms with Gasteiger partial charge in [-0.1, -0.05) is 48.5 Å². The summed E-state index contributed by atoms with van der Waals surface area (Å²) in [7, 11) is 0. The van der Waals surface area contributed by atoms with E-state index in [-0.39, 0.29) is 12.3 Å². The molecule has 1 atom stereocenters. The molecule has 4 rings (SSSR count). The second-order valence-electron chi connectivity index (χ2n) is 6.43. The normalized spacial score (nSPS) is 11.9. The van der Waals surface area contributed by atoms with Crippen LogP contribution in [0.5, 0.6) is 0 Å². The van der Waals surface area contributed by atoms with Crippen LogP contribution in [0.4, 0.5) is 0 Å². The van der Waals surface area contributed by atoms with Crippen molar-refractivity contribution in [1.29, 1.82) is 0 Å². The van der Waals surface area contributed by atoms with Gasteiger partial charge in [0, 0.05) is 17.5 Å². The molecule has 29 heavy (non-hydrogen) atoms. The van der Waals surface area contributed by atoms with Crippen LogP contribution in [0.1, 0.15) is 31.2 Å². The summed E-state index contributed by atoms with van der Waals surface area (Å²) in [5, 5.41) is 7.98. The molecule has 0 N–H and O–H groups in total. The minimum absolute atomic E-state index is 0.138. The van der Waals surface area contributed by atoms with E-state index in [1.54, 1.807) is 13.1 Å². The molecule has 7 nitrogen and oxygen atoms in total. The maximum Gasteiger partial charge on any atom is 0.307 e. The predicted molar refractivity (Wildman–Crippen MR) is 105 cm³/mol. The van der Waals surface area contributed by atoms with Crippen molar-refractivity contribution in [3.8, 4) is 22.8 Å². The summed E-state index contributed by atoms with van der Waals surface area (Å²) < 4.78 is 16.7. The average Bonchev–Trinajstić information content (AvgIpc) is 3.44. The van der Waals surface area contributed by atoms with Crippen LogP contribution in [0.15, 0.2) is 75.7 Å². The first-order chi connectivity index (χ1) is 14.2. The average molecular weight is 389 g/mol. The first kappa shape index (κ1) is 18.6. The number of hydrogen-bond donors (Lipinski definition) is 0. The van der Waals surface area contributed by atoms with Gasteiger partial charge in [0.05, 0.1) is 12.6 Å². The Morgan fingerprint density at radius 2 is 1.66 bits per heavy atom. The molecule has 2 aromatic carbocycles. The number of carbonyl (C=O) groups excluding carboxylic acids is 1. The van der Waals surface area contributed by atoms with Crippen molar-refractivity contribution in [2.24, 2.45) is 0 Å². The number of carbonyl (C=O) groups is 1. The lowest BCUT2D eigenvalue weighted by Crippen LogP contribution is -2.10. The van der Waals surface area contributed by atoms with Crippen molar-refractivity contribution in [3.05, 3.63) is 78.6 Å². The van der Waals surface area contributed by atoms with Gasteiger partial charge >= 0.3 is 5.97 Å². The number of oxazole rings is 1. The van der Waals surface area contributed by atoms with E-state index < -0.39 is 12.1 Å². The van der Waals surface area contributed by atoms with E-state index in [9.17, 15) is 4.79 Å². The second kappa shape index (κ2) is 8.52. The van der Waals surface area contributed by atoms with E-state index in [2.05, 4.69) is 15.2 Å². The minimum atomic E-state index is -0.642. The van der Waals surface area contributed by atoms with E-state index >= 15 is 0 Å². The van der Waals surface area contributed by atoms with E-state index in [4.69, 9.17) is 13.6 Å². The number of aromatic nitrogens is 3. The third kappa shape index (κ3) is 4.57. The van der Waals surface area contributed by atoms with Crippen LogP contribution in [0.25, 0.3) is 22.8 Å². The molecule has 0 fully saturated rings. The fourth-order valence-corrected chi connectivity index (χ4v) is 2.77. The Bertz CT molecular complexity index is 1070. The van der Waals surface area contributed by atoms with Crippen LogP contribution in [0.3, 0.4) is 0 Å². The standard InChI is InChI=1S/C22H19N3O4/c1-15(21-24-25-22(29-21)17-10-6-3-7-11-17)27-20(26)13-12-19-23-14-18(28-19)16-8-4-2-5-9-16/h2-11,14-15H,12-13H2,1H3. The number of rotatable bonds is 7. The lowest BCUT2D eigenvalue weighted by Gasteiger charge is -2.08. The van der Waals surface area contributed by atoms with Crippen LogP contribution < -0.4 is 0 Å². The van der Waals surface area contributed by atoms with Gasteiger partial charge in [-0.25, -0.2) is 4.98 Å². The maximum atomic E-state index is 12.2. The molecule has 0 spiro atoms. The quantitative estimate of drug-likeness (QED) is 0.426. The highest BCUT2D eigenvalue weighted by Gasteiger charge is 2.19. The van der Waals surface area contributed by atoms with Gasteiger partial charge in [-0.3, -0.25) is 4.79 Å². The lowest BCUT2D eigenvalue weighted by atomic mass is 10.2. The molecule has 0 aliphatic carbocycles. The fourth-order valence-electron chi connectivity index (χ4n) is 2.77. The number of hydrogen-bond acceptors (Lipinski definition) is 7. The Hall–Kier alpha value is -3.74. The summed E-state index contributed by atoms with van der Waals surface area (Å²) in [6.45, 7) is 1.69. The van der Waals surface area contributed by atoms with Gasteiger partial charge in [0.1, 0.15) is 0 Å². The van der Waals surface area contributed by atoms with Gasteiger partial charge in [-0.05, 0) is 19.1 Å². The summed E-state index contributed by atoms with van der Waals surface area (Å²) in [6, 6.07) is 19.1. The molecule has 146 valence electrons. The zero-order valence-electron chi connectivity index (χ0n) is 15.8. The van der Waals surface area contributed by atoms with Gasteiger partial charge < -0.3 is 13.6 Å². The minimum Gasteiger partial charge on any atom is -0.453 e. The van der Waals surface area contributed by atoms with Gasteiger partial charge in [0.2, 0.25) is 5.89 Å². The summed E-state index contributed by atoms with van der Waals surface area (Å²) in [5.74, 6) is 1.40. The van der Waals surface area contributed by atoms with Crippen LogP contribution >= 0.6 is 0 Å². The number of esters is 1. The first-order valence-corrected chi connectivity index (χ1v) is 9.27. The first-order valence-electron chi connectivity index (χ1n) is 9.27. The topological polar surface area (TPSA) is 91.2 Å². The Morgan fingerprint density at radius 1 is 0.966 bits per heavy atom. The summed E-state index contributed by atoms with van der Waals surface area (Å²) in [6.07, 6.45) is 1.50. The lowest BCUT2D eigenvalue weighted by molar-refractivity contribution is -0.149. The van der Waals surface area contributed by atoms with Gasteiger partial charge in [0.25, 0.3) is 5.89 Å². The van der Waals surface area contributed by atoms with Gasteiger partial charge in [0.15, 0.2) is 17.8 Å². The van der Waals surface area contributed by atoms with Crippen LogP contribution in [0, 0.1) is 0 Å². The maximum absolute atomic E-state index is 12.2. The molecule has 2 aromatic heterocycles. The fraction of sp³-hybridized carbons (Fsp3) is 0.182. The predicted octanol–water partition coefficient (Wildman–Crippen LogP) is 4.63. The molecule has 0 saturated heterocycles. The van der Waals surface area contributed by atoms with E-state index in [0.29, 0.717) is 24.0 Å². The van der Waals surface area contributed by atoms with E-state index in [0.717, 1.165) is 11.1 Å². The van der Waals surface area contributed by atoms with Crippen LogP contribution in [0.2, 0.25) is 0 Å². The number of ether oxygens (including phenoxy) is 1. The third-order valence-corrected chi connectivity index (χ3v) is 4.27. The molecule has 7 heteroatoms. The Balaban J connectivity index is 1.31. The summed E-state index contributed by atoms with van der Waals surface area (Å²) in [5.41, 5.74) is 1.75. The highest BCUT2D eigenvalue weighted by Crippen LogP contribution is 2.23. The van der Waals surface area contributed by atoms with Gasteiger partial charge in [-0.2, -0.15) is 0 Å². The van der Waals surface area contributed by atoms with E-state index in [1.165, 1.54) is 0 Å².